The molecule has 0 spiro atoms. The number of rotatable bonds is 3. The van der Waals surface area contributed by atoms with Crippen molar-refractivity contribution in [2.24, 2.45) is 0 Å². The summed E-state index contributed by atoms with van der Waals surface area (Å²) in [6.45, 7) is 2.85. The van der Waals surface area contributed by atoms with Crippen molar-refractivity contribution in [1.29, 1.82) is 0 Å². The lowest BCUT2D eigenvalue weighted by Gasteiger charge is -2.35. The van der Waals surface area contributed by atoms with Gasteiger partial charge in [0.1, 0.15) is 5.82 Å². The number of anilines is 2. The molecule has 1 aromatic carbocycles. The molecule has 150 valence electrons. The molecule has 0 unspecified atom stereocenters. The summed E-state index contributed by atoms with van der Waals surface area (Å²) in [6.07, 6.45) is 3.61. The van der Waals surface area contributed by atoms with E-state index >= 15 is 0 Å². The fraction of sp³-hybridized carbons (Fsp3) is 0.174. The molecule has 0 aliphatic carbocycles. The van der Waals surface area contributed by atoms with Crippen LogP contribution in [0.2, 0.25) is 0 Å². The van der Waals surface area contributed by atoms with Gasteiger partial charge in [-0.3, -0.25) is 10.3 Å². The summed E-state index contributed by atoms with van der Waals surface area (Å²) in [5.41, 5.74) is 3.19. The molecule has 1 aliphatic heterocycles. The van der Waals surface area contributed by atoms with Crippen LogP contribution in [0.4, 0.5) is 15.6 Å². The molecule has 4 heterocycles. The molecule has 0 atom stereocenters. The molecule has 0 bridgehead atoms. The summed E-state index contributed by atoms with van der Waals surface area (Å²) in [5, 5.41) is 6.91. The Labute approximate surface area is 178 Å². The monoisotopic (exact) mass is 415 g/mol. The number of nitrogens with one attached hydrogen (secondary N) is 1. The van der Waals surface area contributed by atoms with E-state index in [0.717, 1.165) is 45.9 Å². The summed E-state index contributed by atoms with van der Waals surface area (Å²) < 4.78 is 0. The molecule has 0 saturated carbocycles. The minimum atomic E-state index is -0.0384. The van der Waals surface area contributed by atoms with Crippen molar-refractivity contribution in [3.8, 4) is 11.1 Å². The first kappa shape index (κ1) is 18.6. The number of pyridine rings is 2. The molecule has 6 nitrogen and oxygen atoms in total. The average molecular weight is 416 g/mol. The third-order valence-corrected chi connectivity index (χ3v) is 6.12. The zero-order valence-electron chi connectivity index (χ0n) is 16.4. The fourth-order valence-electron chi connectivity index (χ4n) is 3.75. The fourth-order valence-corrected chi connectivity index (χ4v) is 4.36. The Morgan fingerprint density at radius 1 is 0.933 bits per heavy atom. The smallest absolute Gasteiger partial charge is 0.322 e. The standard InChI is InChI=1S/C23H21N5OS/c29-23(26-21-5-2-16-30-21)28-14-12-27(13-15-28)20-7-6-18-3-1-4-19(22(18)25-20)17-8-10-24-11-9-17/h1-11,16H,12-15H2,(H,26,29). The topological polar surface area (TPSA) is 61.4 Å². The third-order valence-electron chi connectivity index (χ3n) is 5.34. The number of benzene rings is 1. The van der Waals surface area contributed by atoms with Gasteiger partial charge in [-0.25, -0.2) is 9.78 Å². The number of piperazine rings is 1. The minimum absolute atomic E-state index is 0.0384. The van der Waals surface area contributed by atoms with Gasteiger partial charge in [-0.1, -0.05) is 18.2 Å². The van der Waals surface area contributed by atoms with Crippen molar-refractivity contribution in [2.75, 3.05) is 36.4 Å². The summed E-state index contributed by atoms with van der Waals surface area (Å²) in [7, 11) is 0. The Balaban J connectivity index is 1.34. The average Bonchev–Trinajstić information content (AvgIpc) is 3.32. The van der Waals surface area contributed by atoms with Crippen molar-refractivity contribution >= 4 is 39.1 Å². The second-order valence-corrected chi connectivity index (χ2v) is 8.11. The van der Waals surface area contributed by atoms with E-state index in [2.05, 4.69) is 45.5 Å². The Morgan fingerprint density at radius 3 is 2.53 bits per heavy atom. The molecule has 5 rings (SSSR count). The number of aromatic nitrogens is 2. The SMILES string of the molecule is O=C(Nc1cccs1)N1CCN(c2ccc3cccc(-c4ccncc4)c3n2)CC1. The van der Waals surface area contributed by atoms with E-state index in [9.17, 15) is 4.79 Å². The predicted molar refractivity (Wildman–Crippen MR) is 122 cm³/mol. The molecular weight excluding hydrogens is 394 g/mol. The number of urea groups is 1. The van der Waals surface area contributed by atoms with Crippen molar-refractivity contribution in [2.45, 2.75) is 0 Å². The zero-order valence-corrected chi connectivity index (χ0v) is 17.2. The minimum Gasteiger partial charge on any atom is -0.353 e. The molecule has 30 heavy (non-hydrogen) atoms. The lowest BCUT2D eigenvalue weighted by atomic mass is 10.0. The highest BCUT2D eigenvalue weighted by atomic mass is 32.1. The maximum absolute atomic E-state index is 12.5. The van der Waals surface area contributed by atoms with Gasteiger partial charge in [0.2, 0.25) is 0 Å². The van der Waals surface area contributed by atoms with Crippen LogP contribution in [0.3, 0.4) is 0 Å². The van der Waals surface area contributed by atoms with Gasteiger partial charge in [0.05, 0.1) is 10.5 Å². The van der Waals surface area contributed by atoms with Gasteiger partial charge in [0.15, 0.2) is 0 Å². The van der Waals surface area contributed by atoms with Crippen molar-refractivity contribution in [3.05, 3.63) is 72.4 Å². The molecule has 0 radical (unpaired) electrons. The van der Waals surface area contributed by atoms with E-state index in [1.54, 1.807) is 12.4 Å². The number of para-hydroxylation sites is 1. The van der Waals surface area contributed by atoms with E-state index < -0.39 is 0 Å². The van der Waals surface area contributed by atoms with Crippen LogP contribution in [0.5, 0.6) is 0 Å². The van der Waals surface area contributed by atoms with Gasteiger partial charge in [-0.2, -0.15) is 0 Å². The zero-order chi connectivity index (χ0) is 20.3. The Bertz CT molecular complexity index is 1150. The normalized spacial score (nSPS) is 14.1. The summed E-state index contributed by atoms with van der Waals surface area (Å²) in [6, 6.07) is 18.3. The first-order valence-electron chi connectivity index (χ1n) is 9.92. The lowest BCUT2D eigenvalue weighted by molar-refractivity contribution is 0.208. The van der Waals surface area contributed by atoms with Crippen molar-refractivity contribution < 1.29 is 4.79 Å². The van der Waals surface area contributed by atoms with Crippen LogP contribution in [0, 0.1) is 0 Å². The van der Waals surface area contributed by atoms with E-state index in [-0.39, 0.29) is 6.03 Å². The van der Waals surface area contributed by atoms with Crippen LogP contribution in [0.25, 0.3) is 22.0 Å². The Kier molecular flexibility index (Phi) is 5.03. The maximum atomic E-state index is 12.5. The second-order valence-electron chi connectivity index (χ2n) is 7.16. The van der Waals surface area contributed by atoms with Crippen LogP contribution in [0.1, 0.15) is 0 Å². The van der Waals surface area contributed by atoms with Gasteiger partial charge in [-0.05, 0) is 47.3 Å². The number of hydrogen-bond donors (Lipinski definition) is 1. The third kappa shape index (κ3) is 3.71. The van der Waals surface area contributed by atoms with E-state index in [4.69, 9.17) is 4.98 Å². The van der Waals surface area contributed by atoms with Crippen LogP contribution >= 0.6 is 11.3 Å². The molecule has 4 aromatic rings. The van der Waals surface area contributed by atoms with Gasteiger partial charge < -0.3 is 9.80 Å². The number of fused-ring (bicyclic) bond motifs is 1. The number of nitrogens with zero attached hydrogens (tertiary/aromatic N) is 4. The van der Waals surface area contributed by atoms with Gasteiger partial charge in [-0.15, -0.1) is 11.3 Å². The molecule has 1 N–H and O–H groups in total. The van der Waals surface area contributed by atoms with Crippen molar-refractivity contribution in [3.63, 3.8) is 0 Å². The Hall–Kier alpha value is -3.45. The number of hydrogen-bond acceptors (Lipinski definition) is 5. The molecule has 2 amide bonds. The van der Waals surface area contributed by atoms with E-state index in [1.807, 2.05) is 34.5 Å². The summed E-state index contributed by atoms with van der Waals surface area (Å²) in [4.78, 5) is 25.7. The Morgan fingerprint density at radius 2 is 1.77 bits per heavy atom. The van der Waals surface area contributed by atoms with Gasteiger partial charge in [0, 0.05) is 49.5 Å². The highest BCUT2D eigenvalue weighted by molar-refractivity contribution is 7.14. The summed E-state index contributed by atoms with van der Waals surface area (Å²) in [5.74, 6) is 0.947. The number of carbonyl (C=O) groups is 1. The van der Waals surface area contributed by atoms with Crippen LogP contribution < -0.4 is 10.2 Å². The highest BCUT2D eigenvalue weighted by Crippen LogP contribution is 2.29. The number of amides is 2. The molecular formula is C23H21N5OS. The van der Waals surface area contributed by atoms with Crippen LogP contribution in [-0.4, -0.2) is 47.1 Å². The largest absolute Gasteiger partial charge is 0.353 e. The van der Waals surface area contributed by atoms with Crippen molar-refractivity contribution in [1.82, 2.24) is 14.9 Å². The van der Waals surface area contributed by atoms with Crippen LogP contribution in [0.15, 0.2) is 72.4 Å². The lowest BCUT2D eigenvalue weighted by Crippen LogP contribution is -2.50. The number of thiophene rings is 1. The molecule has 3 aromatic heterocycles. The first-order valence-corrected chi connectivity index (χ1v) is 10.8. The summed E-state index contributed by atoms with van der Waals surface area (Å²) >= 11 is 1.53. The quantitative estimate of drug-likeness (QED) is 0.526. The first-order chi connectivity index (χ1) is 14.8. The van der Waals surface area contributed by atoms with Gasteiger partial charge in [0.25, 0.3) is 0 Å². The highest BCUT2D eigenvalue weighted by Gasteiger charge is 2.22. The van der Waals surface area contributed by atoms with E-state index in [1.165, 1.54) is 11.3 Å². The van der Waals surface area contributed by atoms with Gasteiger partial charge >= 0.3 is 6.03 Å². The second kappa shape index (κ2) is 8.12. The molecule has 1 saturated heterocycles. The molecule has 1 fully saturated rings. The number of carbonyl (C=O) groups excluding carboxylic acids is 1. The van der Waals surface area contributed by atoms with Crippen LogP contribution in [-0.2, 0) is 0 Å². The predicted octanol–water partition coefficient (Wildman–Crippen LogP) is 4.71. The molecule has 7 heteroatoms. The van der Waals surface area contributed by atoms with E-state index in [0.29, 0.717) is 13.1 Å². The molecule has 1 aliphatic rings. The maximum Gasteiger partial charge on any atom is 0.322 e.